The van der Waals surface area contributed by atoms with Crippen molar-refractivity contribution in [1.82, 2.24) is 4.90 Å². The average Bonchev–Trinajstić information content (AvgIpc) is 2.67. The van der Waals surface area contributed by atoms with Crippen molar-refractivity contribution in [1.29, 1.82) is 0 Å². The molecule has 1 N–H and O–H groups in total. The van der Waals surface area contributed by atoms with Crippen molar-refractivity contribution >= 4 is 17.3 Å². The summed E-state index contributed by atoms with van der Waals surface area (Å²) in [5.41, 5.74) is 1.89. The number of likely N-dealkylation sites (N-methyl/N-ethyl adjacent to an activating group) is 2. The fourth-order valence-corrected chi connectivity index (χ4v) is 3.31. The lowest BCUT2D eigenvalue weighted by molar-refractivity contribution is -0.117. The highest BCUT2D eigenvalue weighted by Crippen LogP contribution is 2.32. The number of rotatable bonds is 7. The zero-order valence-corrected chi connectivity index (χ0v) is 16.1. The second-order valence-corrected chi connectivity index (χ2v) is 6.72. The molecule has 6 nitrogen and oxygen atoms in total. The molecule has 1 unspecified atom stereocenters. The number of anilines is 2. The number of hydrogen-bond donors (Lipinski definition) is 1. The van der Waals surface area contributed by atoms with E-state index in [4.69, 9.17) is 9.47 Å². The Balaban J connectivity index is 1.52. The Labute approximate surface area is 160 Å². The minimum atomic E-state index is -0.0498. The summed E-state index contributed by atoms with van der Waals surface area (Å²) < 4.78 is 11.3. The molecule has 2 aromatic carbocycles. The average molecular weight is 369 g/mol. The Morgan fingerprint density at radius 3 is 2.70 bits per heavy atom. The first-order valence-electron chi connectivity index (χ1n) is 9.22. The molecule has 0 saturated heterocycles. The number of carbonyl (C=O) groups excluding carboxylic acids is 1. The zero-order chi connectivity index (χ0) is 19.2. The number of ether oxygens (including phenoxy) is 2. The SMILES string of the molecule is CCN1CC(CN(C)CC(=O)Nc2ccc(OC)cc2)Oc2ccccc21. The molecule has 1 amide bonds. The lowest BCUT2D eigenvalue weighted by atomic mass is 10.2. The highest BCUT2D eigenvalue weighted by Gasteiger charge is 2.25. The van der Waals surface area contributed by atoms with Gasteiger partial charge < -0.3 is 19.7 Å². The molecule has 144 valence electrons. The van der Waals surface area contributed by atoms with Gasteiger partial charge in [0, 0.05) is 18.8 Å². The third-order valence-electron chi connectivity index (χ3n) is 4.61. The van der Waals surface area contributed by atoms with E-state index in [-0.39, 0.29) is 12.0 Å². The Bertz CT molecular complexity index is 764. The molecule has 6 heteroatoms. The third kappa shape index (κ3) is 4.92. The van der Waals surface area contributed by atoms with Gasteiger partial charge in [-0.2, -0.15) is 0 Å². The summed E-state index contributed by atoms with van der Waals surface area (Å²) in [4.78, 5) is 16.6. The molecule has 3 rings (SSSR count). The van der Waals surface area contributed by atoms with Gasteiger partial charge in [0.1, 0.15) is 17.6 Å². The van der Waals surface area contributed by atoms with E-state index < -0.39 is 0 Å². The minimum Gasteiger partial charge on any atom is -0.497 e. The first-order chi connectivity index (χ1) is 13.1. The van der Waals surface area contributed by atoms with Gasteiger partial charge in [0.2, 0.25) is 5.91 Å². The second kappa shape index (κ2) is 8.77. The number of methoxy groups -OCH3 is 1. The van der Waals surface area contributed by atoms with E-state index in [1.165, 1.54) is 0 Å². The topological polar surface area (TPSA) is 54.0 Å². The van der Waals surface area contributed by atoms with Crippen molar-refractivity contribution in [3.05, 3.63) is 48.5 Å². The fourth-order valence-electron chi connectivity index (χ4n) is 3.31. The number of nitrogens with zero attached hydrogens (tertiary/aromatic N) is 2. The number of carbonyl (C=O) groups is 1. The highest BCUT2D eigenvalue weighted by atomic mass is 16.5. The highest BCUT2D eigenvalue weighted by molar-refractivity contribution is 5.92. The summed E-state index contributed by atoms with van der Waals surface area (Å²) in [5.74, 6) is 1.62. The van der Waals surface area contributed by atoms with E-state index in [9.17, 15) is 4.79 Å². The molecular formula is C21H27N3O3. The Morgan fingerprint density at radius 2 is 2.00 bits per heavy atom. The van der Waals surface area contributed by atoms with Crippen LogP contribution in [-0.4, -0.2) is 57.2 Å². The van der Waals surface area contributed by atoms with Gasteiger partial charge in [-0.25, -0.2) is 0 Å². The van der Waals surface area contributed by atoms with Crippen molar-refractivity contribution in [2.75, 3.05) is 50.6 Å². The molecular weight excluding hydrogens is 342 g/mol. The van der Waals surface area contributed by atoms with E-state index in [1.54, 1.807) is 7.11 Å². The lowest BCUT2D eigenvalue weighted by Crippen LogP contribution is -2.46. The van der Waals surface area contributed by atoms with E-state index in [2.05, 4.69) is 23.2 Å². The number of para-hydroxylation sites is 2. The lowest BCUT2D eigenvalue weighted by Gasteiger charge is -2.37. The van der Waals surface area contributed by atoms with Crippen LogP contribution in [0.1, 0.15) is 6.92 Å². The molecule has 27 heavy (non-hydrogen) atoms. The van der Waals surface area contributed by atoms with Crippen LogP contribution >= 0.6 is 0 Å². The molecule has 1 heterocycles. The molecule has 0 spiro atoms. The molecule has 0 bridgehead atoms. The van der Waals surface area contributed by atoms with E-state index in [1.807, 2.05) is 54.4 Å². The van der Waals surface area contributed by atoms with Crippen LogP contribution in [0.25, 0.3) is 0 Å². The number of hydrogen-bond acceptors (Lipinski definition) is 5. The molecule has 0 aromatic heterocycles. The number of nitrogens with one attached hydrogen (secondary N) is 1. The molecule has 1 aliphatic heterocycles. The zero-order valence-electron chi connectivity index (χ0n) is 16.1. The first kappa shape index (κ1) is 19.0. The second-order valence-electron chi connectivity index (χ2n) is 6.72. The van der Waals surface area contributed by atoms with Crippen LogP contribution in [0.3, 0.4) is 0 Å². The standard InChI is InChI=1S/C21H27N3O3/c1-4-24-14-18(27-20-8-6-5-7-19(20)24)13-23(2)15-21(25)22-16-9-11-17(26-3)12-10-16/h5-12,18H,4,13-15H2,1-3H3,(H,22,25). The van der Waals surface area contributed by atoms with Crippen LogP contribution < -0.4 is 19.7 Å². The Hall–Kier alpha value is -2.73. The van der Waals surface area contributed by atoms with Gasteiger partial charge in [0.25, 0.3) is 0 Å². The summed E-state index contributed by atoms with van der Waals surface area (Å²) >= 11 is 0. The monoisotopic (exact) mass is 369 g/mol. The Kier molecular flexibility index (Phi) is 6.19. The van der Waals surface area contributed by atoms with E-state index in [0.717, 1.165) is 36.0 Å². The molecule has 2 aromatic rings. The van der Waals surface area contributed by atoms with Gasteiger partial charge in [-0.3, -0.25) is 9.69 Å². The van der Waals surface area contributed by atoms with Gasteiger partial charge in [0.05, 0.1) is 25.9 Å². The molecule has 0 aliphatic carbocycles. The summed E-state index contributed by atoms with van der Waals surface area (Å²) in [7, 11) is 3.56. The summed E-state index contributed by atoms with van der Waals surface area (Å²) in [6.07, 6.45) is 0.0265. The summed E-state index contributed by atoms with van der Waals surface area (Å²) in [6, 6.07) is 15.4. The normalized spacial score (nSPS) is 15.9. The van der Waals surface area contributed by atoms with Gasteiger partial charge in [-0.05, 0) is 50.4 Å². The Morgan fingerprint density at radius 1 is 1.26 bits per heavy atom. The first-order valence-corrected chi connectivity index (χ1v) is 9.22. The smallest absolute Gasteiger partial charge is 0.238 e. The molecule has 0 radical (unpaired) electrons. The summed E-state index contributed by atoms with van der Waals surface area (Å²) in [6.45, 7) is 4.88. The minimum absolute atomic E-state index is 0.0265. The molecule has 1 aliphatic rings. The van der Waals surface area contributed by atoms with Gasteiger partial charge in [-0.1, -0.05) is 12.1 Å². The van der Waals surface area contributed by atoms with Crippen LogP contribution in [0, 0.1) is 0 Å². The third-order valence-corrected chi connectivity index (χ3v) is 4.61. The molecule has 1 atom stereocenters. The van der Waals surface area contributed by atoms with Crippen molar-refractivity contribution in [2.24, 2.45) is 0 Å². The molecule has 0 saturated carbocycles. The van der Waals surface area contributed by atoms with Crippen LogP contribution in [0.15, 0.2) is 48.5 Å². The van der Waals surface area contributed by atoms with Crippen molar-refractivity contribution < 1.29 is 14.3 Å². The van der Waals surface area contributed by atoms with E-state index in [0.29, 0.717) is 13.1 Å². The van der Waals surface area contributed by atoms with Gasteiger partial charge >= 0.3 is 0 Å². The number of benzene rings is 2. The van der Waals surface area contributed by atoms with Crippen LogP contribution in [0.5, 0.6) is 11.5 Å². The van der Waals surface area contributed by atoms with Crippen molar-refractivity contribution in [2.45, 2.75) is 13.0 Å². The largest absolute Gasteiger partial charge is 0.497 e. The van der Waals surface area contributed by atoms with Crippen LogP contribution in [-0.2, 0) is 4.79 Å². The predicted octanol–water partition coefficient (Wildman–Crippen LogP) is 2.85. The van der Waals surface area contributed by atoms with Crippen molar-refractivity contribution in [3.8, 4) is 11.5 Å². The fraction of sp³-hybridized carbons (Fsp3) is 0.381. The maximum atomic E-state index is 12.3. The maximum absolute atomic E-state index is 12.3. The van der Waals surface area contributed by atoms with Gasteiger partial charge in [-0.15, -0.1) is 0 Å². The quantitative estimate of drug-likeness (QED) is 0.813. The van der Waals surface area contributed by atoms with Gasteiger partial charge in [0.15, 0.2) is 0 Å². The van der Waals surface area contributed by atoms with Crippen LogP contribution in [0.2, 0.25) is 0 Å². The van der Waals surface area contributed by atoms with Crippen LogP contribution in [0.4, 0.5) is 11.4 Å². The number of fused-ring (bicyclic) bond motifs is 1. The number of amides is 1. The predicted molar refractivity (Wildman–Crippen MR) is 108 cm³/mol. The molecule has 0 fully saturated rings. The maximum Gasteiger partial charge on any atom is 0.238 e. The summed E-state index contributed by atoms with van der Waals surface area (Å²) in [5, 5.41) is 2.91. The van der Waals surface area contributed by atoms with Crippen molar-refractivity contribution in [3.63, 3.8) is 0 Å². The van der Waals surface area contributed by atoms with E-state index >= 15 is 0 Å².